The first-order valence-corrected chi connectivity index (χ1v) is 4.26. The van der Waals surface area contributed by atoms with Crippen LogP contribution in [0.5, 0.6) is 5.75 Å². The first-order valence-electron chi connectivity index (χ1n) is 4.26. The number of hydrogen-bond acceptors (Lipinski definition) is 3. The van der Waals surface area contributed by atoms with Crippen LogP contribution in [0.25, 0.3) is 0 Å². The number of amides is 2. The van der Waals surface area contributed by atoms with Crippen LogP contribution in [0.3, 0.4) is 0 Å². The lowest BCUT2D eigenvalue weighted by molar-refractivity contribution is 0.252. The van der Waals surface area contributed by atoms with Crippen molar-refractivity contribution < 1.29 is 9.53 Å². The molecule has 0 unspecified atom stereocenters. The molecule has 0 aliphatic heterocycles. The quantitative estimate of drug-likeness (QED) is 0.383. The van der Waals surface area contributed by atoms with E-state index in [4.69, 9.17) is 10.6 Å². The Bertz CT molecular complexity index is 315. The summed E-state index contributed by atoms with van der Waals surface area (Å²) in [5, 5.41) is 2.54. The Morgan fingerprint density at radius 2 is 2.36 bits per heavy atom. The van der Waals surface area contributed by atoms with E-state index in [-0.39, 0.29) is 0 Å². The molecule has 0 spiro atoms. The number of benzene rings is 1. The summed E-state index contributed by atoms with van der Waals surface area (Å²) in [4.78, 5) is 10.9. The summed E-state index contributed by atoms with van der Waals surface area (Å²) < 4.78 is 5.26. The number of hydrazine groups is 1. The molecular formula is C9H13N3O2. The lowest BCUT2D eigenvalue weighted by Gasteiger charge is -2.06. The summed E-state index contributed by atoms with van der Waals surface area (Å²) in [6, 6.07) is 6.61. The van der Waals surface area contributed by atoms with Gasteiger partial charge in [0.15, 0.2) is 0 Å². The van der Waals surface area contributed by atoms with Gasteiger partial charge in [-0.15, -0.1) is 0 Å². The zero-order valence-corrected chi connectivity index (χ0v) is 7.91. The molecule has 5 nitrogen and oxygen atoms in total. The molecular weight excluding hydrogens is 182 g/mol. The summed E-state index contributed by atoms with van der Waals surface area (Å²) in [5.74, 6) is 5.63. The van der Waals surface area contributed by atoms with Gasteiger partial charge in [0.05, 0.1) is 6.61 Å². The maximum atomic E-state index is 10.9. The predicted molar refractivity (Wildman–Crippen MR) is 54.0 cm³/mol. The fourth-order valence-corrected chi connectivity index (χ4v) is 0.997. The molecule has 0 fully saturated rings. The van der Waals surface area contributed by atoms with Gasteiger partial charge in [0, 0.05) is 11.8 Å². The molecule has 1 aromatic rings. The molecule has 14 heavy (non-hydrogen) atoms. The predicted octanol–water partition coefficient (Wildman–Crippen LogP) is 1.08. The van der Waals surface area contributed by atoms with Crippen molar-refractivity contribution in [3.63, 3.8) is 0 Å². The number of urea groups is 1. The van der Waals surface area contributed by atoms with E-state index in [1.807, 2.05) is 18.4 Å². The second-order valence-electron chi connectivity index (χ2n) is 2.56. The lowest BCUT2D eigenvalue weighted by Crippen LogP contribution is -2.34. The van der Waals surface area contributed by atoms with Gasteiger partial charge in [-0.05, 0) is 19.1 Å². The third-order valence-electron chi connectivity index (χ3n) is 1.53. The Morgan fingerprint density at radius 1 is 1.57 bits per heavy atom. The monoisotopic (exact) mass is 195 g/mol. The van der Waals surface area contributed by atoms with E-state index < -0.39 is 6.03 Å². The number of rotatable bonds is 3. The van der Waals surface area contributed by atoms with Gasteiger partial charge in [0.2, 0.25) is 0 Å². The van der Waals surface area contributed by atoms with E-state index in [2.05, 4.69) is 5.32 Å². The molecule has 5 heteroatoms. The van der Waals surface area contributed by atoms with E-state index in [1.54, 1.807) is 18.2 Å². The normalized spacial score (nSPS) is 9.29. The van der Waals surface area contributed by atoms with Crippen molar-refractivity contribution >= 4 is 11.7 Å². The molecule has 4 N–H and O–H groups in total. The second kappa shape index (κ2) is 5.08. The summed E-state index contributed by atoms with van der Waals surface area (Å²) in [5.41, 5.74) is 2.61. The zero-order chi connectivity index (χ0) is 10.4. The molecule has 0 bridgehead atoms. The highest BCUT2D eigenvalue weighted by Gasteiger charge is 1.99. The number of anilines is 1. The SMILES string of the molecule is CCOc1cccc(NC(=O)NN)c1. The number of nitrogens with two attached hydrogens (primary N) is 1. The first kappa shape index (κ1) is 10.3. The number of hydrogen-bond donors (Lipinski definition) is 3. The highest BCUT2D eigenvalue weighted by atomic mass is 16.5. The van der Waals surface area contributed by atoms with Crippen molar-refractivity contribution in [3.8, 4) is 5.75 Å². The third kappa shape index (κ3) is 2.95. The molecule has 2 amide bonds. The van der Waals surface area contributed by atoms with E-state index in [0.717, 1.165) is 0 Å². The summed E-state index contributed by atoms with van der Waals surface area (Å²) in [6.45, 7) is 2.49. The van der Waals surface area contributed by atoms with Gasteiger partial charge in [-0.1, -0.05) is 6.07 Å². The maximum absolute atomic E-state index is 10.9. The van der Waals surface area contributed by atoms with E-state index in [1.165, 1.54) is 0 Å². The molecule has 0 aliphatic rings. The van der Waals surface area contributed by atoms with Crippen LogP contribution in [0.1, 0.15) is 6.92 Å². The van der Waals surface area contributed by atoms with Gasteiger partial charge < -0.3 is 10.1 Å². The molecule has 0 radical (unpaired) electrons. The van der Waals surface area contributed by atoms with Gasteiger partial charge >= 0.3 is 6.03 Å². The molecule has 1 aromatic carbocycles. The summed E-state index contributed by atoms with van der Waals surface area (Å²) in [7, 11) is 0. The minimum absolute atomic E-state index is 0.460. The Balaban J connectivity index is 2.68. The molecule has 76 valence electrons. The average molecular weight is 195 g/mol. The Morgan fingerprint density at radius 3 is 3.00 bits per heavy atom. The lowest BCUT2D eigenvalue weighted by atomic mass is 10.3. The smallest absolute Gasteiger partial charge is 0.333 e. The van der Waals surface area contributed by atoms with Crippen molar-refractivity contribution in [2.45, 2.75) is 6.92 Å². The number of nitrogens with one attached hydrogen (secondary N) is 2. The van der Waals surface area contributed by atoms with Crippen LogP contribution >= 0.6 is 0 Å². The van der Waals surface area contributed by atoms with Crippen LogP contribution < -0.4 is 21.3 Å². The van der Waals surface area contributed by atoms with Gasteiger partial charge in [0.25, 0.3) is 0 Å². The summed E-state index contributed by atoms with van der Waals surface area (Å²) >= 11 is 0. The van der Waals surface area contributed by atoms with Gasteiger partial charge in [-0.3, -0.25) is 5.43 Å². The number of carbonyl (C=O) groups excluding carboxylic acids is 1. The first-order chi connectivity index (χ1) is 6.76. The topological polar surface area (TPSA) is 76.4 Å². The van der Waals surface area contributed by atoms with Crippen molar-refractivity contribution in [1.29, 1.82) is 0 Å². The van der Waals surface area contributed by atoms with Gasteiger partial charge in [-0.2, -0.15) is 0 Å². The second-order valence-corrected chi connectivity index (χ2v) is 2.56. The van der Waals surface area contributed by atoms with Crippen molar-refractivity contribution in [3.05, 3.63) is 24.3 Å². The zero-order valence-electron chi connectivity index (χ0n) is 7.91. The van der Waals surface area contributed by atoms with E-state index in [0.29, 0.717) is 18.0 Å². The van der Waals surface area contributed by atoms with Crippen LogP contribution in [0.4, 0.5) is 10.5 Å². The number of ether oxygens (including phenoxy) is 1. The molecule has 0 atom stereocenters. The third-order valence-corrected chi connectivity index (χ3v) is 1.53. The van der Waals surface area contributed by atoms with Gasteiger partial charge in [-0.25, -0.2) is 10.6 Å². The van der Waals surface area contributed by atoms with Crippen molar-refractivity contribution in [1.82, 2.24) is 5.43 Å². The van der Waals surface area contributed by atoms with Crippen LogP contribution in [-0.4, -0.2) is 12.6 Å². The minimum atomic E-state index is -0.460. The van der Waals surface area contributed by atoms with E-state index in [9.17, 15) is 4.79 Å². The fourth-order valence-electron chi connectivity index (χ4n) is 0.997. The number of carbonyl (C=O) groups is 1. The highest BCUT2D eigenvalue weighted by molar-refractivity contribution is 5.88. The van der Waals surface area contributed by atoms with Gasteiger partial charge in [0.1, 0.15) is 5.75 Å². The van der Waals surface area contributed by atoms with Crippen LogP contribution in [0, 0.1) is 0 Å². The molecule has 0 aliphatic carbocycles. The molecule has 0 heterocycles. The van der Waals surface area contributed by atoms with Crippen molar-refractivity contribution in [2.75, 3.05) is 11.9 Å². The standard InChI is InChI=1S/C9H13N3O2/c1-2-14-8-5-3-4-7(6-8)11-9(13)12-10/h3-6H,2,10H2,1H3,(H2,11,12,13). The van der Waals surface area contributed by atoms with Crippen LogP contribution in [0.15, 0.2) is 24.3 Å². The Labute approximate surface area is 82.2 Å². The van der Waals surface area contributed by atoms with Crippen LogP contribution in [0.2, 0.25) is 0 Å². The Kier molecular flexibility index (Phi) is 3.75. The molecule has 0 saturated heterocycles. The molecule has 1 rings (SSSR count). The summed E-state index contributed by atoms with van der Waals surface area (Å²) in [6.07, 6.45) is 0. The Hall–Kier alpha value is -1.75. The molecule has 0 aromatic heterocycles. The highest BCUT2D eigenvalue weighted by Crippen LogP contribution is 2.16. The van der Waals surface area contributed by atoms with E-state index >= 15 is 0 Å². The average Bonchev–Trinajstić information content (AvgIpc) is 2.19. The molecule has 0 saturated carbocycles. The largest absolute Gasteiger partial charge is 0.494 e. The van der Waals surface area contributed by atoms with Crippen LogP contribution in [-0.2, 0) is 0 Å². The van der Waals surface area contributed by atoms with Crippen molar-refractivity contribution in [2.24, 2.45) is 5.84 Å². The maximum Gasteiger partial charge on any atom is 0.333 e. The fraction of sp³-hybridized carbons (Fsp3) is 0.222. The minimum Gasteiger partial charge on any atom is -0.494 e.